The number of sulfonamides is 1. The maximum atomic E-state index is 12.7. The molecule has 3 heterocycles. The topological polar surface area (TPSA) is 53.5 Å². The Morgan fingerprint density at radius 2 is 1.58 bits per heavy atom. The van der Waals surface area contributed by atoms with Crippen molar-refractivity contribution in [3.8, 4) is 0 Å². The lowest BCUT2D eigenvalue weighted by molar-refractivity contribution is 0.346. The summed E-state index contributed by atoms with van der Waals surface area (Å²) in [6.45, 7) is 2.94. The lowest BCUT2D eigenvalue weighted by Gasteiger charge is -2.26. The molecule has 0 bridgehead atoms. The van der Waals surface area contributed by atoms with Crippen LogP contribution in [0, 0.1) is 0 Å². The van der Waals surface area contributed by atoms with Gasteiger partial charge in [-0.15, -0.1) is 0 Å². The summed E-state index contributed by atoms with van der Waals surface area (Å²) in [5.41, 5.74) is 3.57. The van der Waals surface area contributed by atoms with Gasteiger partial charge in [-0.25, -0.2) is 8.42 Å². The highest BCUT2D eigenvalue weighted by molar-refractivity contribution is 7.89. The van der Waals surface area contributed by atoms with Crippen molar-refractivity contribution in [2.75, 3.05) is 18.0 Å². The van der Waals surface area contributed by atoms with E-state index in [1.54, 1.807) is 16.4 Å². The third kappa shape index (κ3) is 2.80. The van der Waals surface area contributed by atoms with E-state index in [2.05, 4.69) is 9.88 Å². The summed E-state index contributed by atoms with van der Waals surface area (Å²) in [5.74, 6) is 0. The number of aromatic nitrogens is 1. The first-order valence-electron chi connectivity index (χ1n) is 8.41. The smallest absolute Gasteiger partial charge is 0.243 e. The number of anilines is 1. The van der Waals surface area contributed by atoms with Gasteiger partial charge in [-0.2, -0.15) is 4.31 Å². The van der Waals surface area contributed by atoms with Crippen LogP contribution in [0.25, 0.3) is 0 Å². The van der Waals surface area contributed by atoms with Gasteiger partial charge in [0.2, 0.25) is 10.0 Å². The van der Waals surface area contributed by atoms with Crippen molar-refractivity contribution >= 4 is 15.7 Å². The predicted molar refractivity (Wildman–Crippen MR) is 93.2 cm³/mol. The first kappa shape index (κ1) is 15.6. The van der Waals surface area contributed by atoms with Crippen molar-refractivity contribution in [2.24, 2.45) is 0 Å². The fourth-order valence-electron chi connectivity index (χ4n) is 3.49. The molecule has 0 aliphatic carbocycles. The van der Waals surface area contributed by atoms with Gasteiger partial charge in [0, 0.05) is 44.3 Å². The number of rotatable bonds is 3. The minimum absolute atomic E-state index is 0.395. The first-order chi connectivity index (χ1) is 11.6. The molecule has 0 radical (unpaired) electrons. The summed E-state index contributed by atoms with van der Waals surface area (Å²) in [5, 5.41) is 0. The normalized spacial score (nSPS) is 18.6. The Labute approximate surface area is 143 Å². The zero-order chi connectivity index (χ0) is 16.6. The molecular weight excluding hydrogens is 322 g/mol. The van der Waals surface area contributed by atoms with Gasteiger partial charge in [0.15, 0.2) is 0 Å². The van der Waals surface area contributed by atoms with Crippen LogP contribution < -0.4 is 4.90 Å². The largest absolute Gasteiger partial charge is 0.363 e. The summed E-state index contributed by atoms with van der Waals surface area (Å²) in [4.78, 5) is 6.81. The number of piperidine rings is 1. The molecule has 0 unspecified atom stereocenters. The number of hydrogen-bond acceptors (Lipinski definition) is 4. The van der Waals surface area contributed by atoms with Crippen molar-refractivity contribution < 1.29 is 8.42 Å². The van der Waals surface area contributed by atoms with Gasteiger partial charge >= 0.3 is 0 Å². The fourth-order valence-corrected chi connectivity index (χ4v) is 5.00. The van der Waals surface area contributed by atoms with Crippen molar-refractivity contribution in [1.82, 2.24) is 9.29 Å². The predicted octanol–water partition coefficient (Wildman–Crippen LogP) is 2.78. The Morgan fingerprint density at radius 3 is 2.29 bits per heavy atom. The van der Waals surface area contributed by atoms with Crippen LogP contribution in [0.15, 0.2) is 47.6 Å². The van der Waals surface area contributed by atoms with E-state index in [-0.39, 0.29) is 0 Å². The van der Waals surface area contributed by atoms with E-state index in [9.17, 15) is 8.42 Å². The summed E-state index contributed by atoms with van der Waals surface area (Å²) in [6.07, 6.45) is 6.76. The molecule has 24 heavy (non-hydrogen) atoms. The second-order valence-electron chi connectivity index (χ2n) is 6.46. The second-order valence-corrected chi connectivity index (χ2v) is 8.40. The zero-order valence-corrected chi connectivity index (χ0v) is 14.4. The Morgan fingerprint density at radius 1 is 0.875 bits per heavy atom. The lowest BCUT2D eigenvalue weighted by Crippen LogP contribution is -2.35. The monoisotopic (exact) mass is 343 g/mol. The van der Waals surface area contributed by atoms with E-state index in [4.69, 9.17) is 0 Å². The Hall–Kier alpha value is -1.92. The van der Waals surface area contributed by atoms with E-state index in [0.29, 0.717) is 18.0 Å². The lowest BCUT2D eigenvalue weighted by atomic mass is 10.2. The molecular formula is C18H21N3O2S. The molecule has 1 aromatic carbocycles. The Balaban J connectivity index is 1.53. The minimum atomic E-state index is -3.35. The molecule has 0 amide bonds. The maximum absolute atomic E-state index is 12.7. The van der Waals surface area contributed by atoms with Crippen molar-refractivity contribution in [2.45, 2.75) is 37.2 Å². The van der Waals surface area contributed by atoms with Crippen LogP contribution in [0.5, 0.6) is 0 Å². The van der Waals surface area contributed by atoms with Crippen LogP contribution in [-0.2, 0) is 23.1 Å². The van der Waals surface area contributed by atoms with Crippen LogP contribution >= 0.6 is 0 Å². The highest BCUT2D eigenvalue weighted by Gasteiger charge is 2.26. The van der Waals surface area contributed by atoms with Crippen molar-refractivity contribution in [1.29, 1.82) is 0 Å². The third-order valence-corrected chi connectivity index (χ3v) is 6.79. The van der Waals surface area contributed by atoms with E-state index in [0.717, 1.165) is 38.0 Å². The summed E-state index contributed by atoms with van der Waals surface area (Å²) in [7, 11) is -3.35. The van der Waals surface area contributed by atoms with E-state index in [1.165, 1.54) is 11.1 Å². The molecule has 6 heteroatoms. The number of nitrogens with zero attached hydrogens (tertiary/aromatic N) is 3. The molecule has 0 atom stereocenters. The highest BCUT2D eigenvalue weighted by atomic mass is 32.2. The van der Waals surface area contributed by atoms with Crippen LogP contribution in [0.3, 0.4) is 0 Å². The minimum Gasteiger partial charge on any atom is -0.363 e. The molecule has 2 aliphatic heterocycles. The molecule has 4 rings (SSSR count). The Bertz CT molecular complexity index is 803. The molecule has 2 aliphatic rings. The van der Waals surface area contributed by atoms with Crippen LogP contribution in [0.4, 0.5) is 5.69 Å². The SMILES string of the molecule is O=S(=O)(c1ccc(N2Cc3ccncc3C2)cc1)N1CCCCC1. The third-order valence-electron chi connectivity index (χ3n) is 4.88. The zero-order valence-electron chi connectivity index (χ0n) is 13.6. The van der Waals surface area contributed by atoms with Crippen LogP contribution in [0.1, 0.15) is 30.4 Å². The fraction of sp³-hybridized carbons (Fsp3) is 0.389. The van der Waals surface area contributed by atoms with Crippen LogP contribution in [0.2, 0.25) is 0 Å². The quantitative estimate of drug-likeness (QED) is 0.860. The van der Waals surface area contributed by atoms with Gasteiger partial charge < -0.3 is 4.90 Å². The molecule has 0 spiro atoms. The molecule has 2 aromatic rings. The molecule has 0 N–H and O–H groups in total. The molecule has 1 aromatic heterocycles. The number of hydrogen-bond donors (Lipinski definition) is 0. The number of fused-ring (bicyclic) bond motifs is 1. The van der Waals surface area contributed by atoms with Gasteiger partial charge in [-0.3, -0.25) is 4.98 Å². The summed E-state index contributed by atoms with van der Waals surface area (Å²) < 4.78 is 27.0. The van der Waals surface area contributed by atoms with E-state index in [1.807, 2.05) is 30.6 Å². The van der Waals surface area contributed by atoms with Gasteiger partial charge in [0.25, 0.3) is 0 Å². The van der Waals surface area contributed by atoms with Crippen molar-refractivity contribution in [3.63, 3.8) is 0 Å². The highest BCUT2D eigenvalue weighted by Crippen LogP contribution is 2.29. The summed E-state index contributed by atoms with van der Waals surface area (Å²) >= 11 is 0. The molecule has 0 saturated carbocycles. The standard InChI is InChI=1S/C18H21N3O2S/c22-24(23,21-10-2-1-3-11-21)18-6-4-17(5-7-18)20-13-15-8-9-19-12-16(15)14-20/h4-9,12H,1-3,10-11,13-14H2. The van der Waals surface area contributed by atoms with Gasteiger partial charge in [-0.05, 0) is 54.3 Å². The number of benzene rings is 1. The Kier molecular flexibility index (Phi) is 4.02. The van der Waals surface area contributed by atoms with Gasteiger partial charge in [0.05, 0.1) is 4.90 Å². The molecule has 5 nitrogen and oxygen atoms in total. The van der Waals surface area contributed by atoms with Gasteiger partial charge in [0.1, 0.15) is 0 Å². The summed E-state index contributed by atoms with van der Waals surface area (Å²) in [6, 6.07) is 9.35. The average molecular weight is 343 g/mol. The van der Waals surface area contributed by atoms with E-state index < -0.39 is 10.0 Å². The van der Waals surface area contributed by atoms with E-state index >= 15 is 0 Å². The first-order valence-corrected chi connectivity index (χ1v) is 9.85. The van der Waals surface area contributed by atoms with Crippen LogP contribution in [-0.4, -0.2) is 30.8 Å². The van der Waals surface area contributed by atoms with Crippen molar-refractivity contribution in [3.05, 3.63) is 53.9 Å². The molecule has 1 fully saturated rings. The second kappa shape index (κ2) is 6.18. The average Bonchev–Trinajstić information content (AvgIpc) is 3.07. The molecule has 126 valence electrons. The molecule has 1 saturated heterocycles. The van der Waals surface area contributed by atoms with Gasteiger partial charge in [-0.1, -0.05) is 6.42 Å². The number of pyridine rings is 1. The maximum Gasteiger partial charge on any atom is 0.243 e.